The zero-order valence-electron chi connectivity index (χ0n) is 23.9. The van der Waals surface area contributed by atoms with Crippen LogP contribution in [0.2, 0.25) is 0 Å². The number of para-hydroxylation sites is 1. The number of anilines is 1. The molecule has 1 saturated heterocycles. The molecular formula is C18H21N6Na2O15P3. The van der Waals surface area contributed by atoms with Crippen LogP contribution < -0.4 is 79.5 Å². The molecule has 0 aliphatic carbocycles. The van der Waals surface area contributed by atoms with E-state index in [0.29, 0.717) is 0 Å². The van der Waals surface area contributed by atoms with E-state index in [9.17, 15) is 48.7 Å². The quantitative estimate of drug-likeness (QED) is 0.0684. The van der Waals surface area contributed by atoms with E-state index in [-0.39, 0.29) is 83.1 Å². The Morgan fingerprint density at radius 2 is 1.70 bits per heavy atom. The van der Waals surface area contributed by atoms with E-state index in [1.54, 1.807) is 0 Å². The van der Waals surface area contributed by atoms with E-state index in [1.165, 1.54) is 16.7 Å². The van der Waals surface area contributed by atoms with Gasteiger partial charge in [0.2, 0.25) is 0 Å². The van der Waals surface area contributed by atoms with Gasteiger partial charge >= 0.3 is 60.5 Å². The Morgan fingerprint density at radius 3 is 2.36 bits per heavy atom. The summed E-state index contributed by atoms with van der Waals surface area (Å²) < 4.78 is 59.3. The van der Waals surface area contributed by atoms with Crippen LogP contribution in [0.5, 0.6) is 0 Å². The summed E-state index contributed by atoms with van der Waals surface area (Å²) in [6, 6.07) is 4.77. The molecule has 21 nitrogen and oxygen atoms in total. The van der Waals surface area contributed by atoms with Crippen LogP contribution in [0.3, 0.4) is 0 Å². The van der Waals surface area contributed by atoms with Crippen molar-refractivity contribution in [3.63, 3.8) is 0 Å². The van der Waals surface area contributed by atoms with Crippen molar-refractivity contribution in [2.24, 2.45) is 0 Å². The van der Waals surface area contributed by atoms with Crippen molar-refractivity contribution in [2.75, 3.05) is 12.3 Å². The second-order valence-electron chi connectivity index (χ2n) is 8.49. The monoisotopic (exact) mass is 700 g/mol. The van der Waals surface area contributed by atoms with Gasteiger partial charge in [-0.05, 0) is 13.0 Å². The number of phosphoric ester groups is 2. The van der Waals surface area contributed by atoms with Crippen LogP contribution in [0.1, 0.15) is 26.2 Å². The number of nitro groups is 1. The molecule has 1 aliphatic heterocycles. The van der Waals surface area contributed by atoms with Gasteiger partial charge in [-0.25, -0.2) is 23.6 Å². The Balaban J connectivity index is 0.00000337. The predicted molar refractivity (Wildman–Crippen MR) is 130 cm³/mol. The van der Waals surface area contributed by atoms with E-state index < -0.39 is 71.3 Å². The zero-order valence-corrected chi connectivity index (χ0v) is 29.6. The molecule has 26 heteroatoms. The van der Waals surface area contributed by atoms with E-state index in [2.05, 4.69) is 32.6 Å². The molecule has 44 heavy (non-hydrogen) atoms. The largest absolute Gasteiger partial charge is 1.00 e. The Hall–Kier alpha value is -0.740. The molecule has 4 N–H and O–H groups in total. The van der Waals surface area contributed by atoms with Crippen LogP contribution in [-0.4, -0.2) is 59.6 Å². The molecule has 1 fully saturated rings. The number of nitrogens with two attached hydrogens (primary N) is 1. The Bertz CT molecular complexity index is 1640. The molecule has 0 spiro atoms. The molecule has 2 aromatic heterocycles. The minimum Gasteiger partial charge on any atom is -0.756 e. The van der Waals surface area contributed by atoms with E-state index in [1.807, 2.05) is 0 Å². The normalized spacial score (nSPS) is 24.7. The van der Waals surface area contributed by atoms with Gasteiger partial charge in [0.15, 0.2) is 17.7 Å². The number of ether oxygens (including phenoxy) is 1. The van der Waals surface area contributed by atoms with Gasteiger partial charge in [-0.2, -0.15) is 0 Å². The van der Waals surface area contributed by atoms with Crippen molar-refractivity contribution in [3.05, 3.63) is 52.6 Å². The molecular weight excluding hydrogens is 679 g/mol. The van der Waals surface area contributed by atoms with Gasteiger partial charge in [0, 0.05) is 6.07 Å². The van der Waals surface area contributed by atoms with Crippen LogP contribution in [0.25, 0.3) is 11.2 Å². The van der Waals surface area contributed by atoms with Crippen molar-refractivity contribution < 1.29 is 126 Å². The van der Waals surface area contributed by atoms with Crippen LogP contribution in [-0.2, 0) is 36.1 Å². The Kier molecular flexibility index (Phi) is 13.8. The minimum atomic E-state index is -6.26. The number of benzene rings is 1. The summed E-state index contributed by atoms with van der Waals surface area (Å²) in [7, 11) is -18.1. The van der Waals surface area contributed by atoms with Crippen molar-refractivity contribution in [1.82, 2.24) is 19.5 Å². The maximum absolute atomic E-state index is 12.1. The van der Waals surface area contributed by atoms with Gasteiger partial charge < -0.3 is 44.4 Å². The topological polar surface area (TPSA) is 320 Å². The number of hydrogen-bond acceptors (Lipinski definition) is 19. The number of aliphatic hydroxyl groups is 2. The molecule has 1 aliphatic rings. The van der Waals surface area contributed by atoms with Gasteiger partial charge in [-0.1, -0.05) is 12.1 Å². The van der Waals surface area contributed by atoms with Crippen molar-refractivity contribution in [3.8, 4) is 0 Å². The number of nitrogens with zero attached hydrogens (tertiary/aromatic N) is 5. The molecule has 0 radical (unpaired) electrons. The molecule has 230 valence electrons. The maximum Gasteiger partial charge on any atom is 1.00 e. The van der Waals surface area contributed by atoms with E-state index in [0.717, 1.165) is 31.7 Å². The Labute approximate surface area is 292 Å². The van der Waals surface area contributed by atoms with Gasteiger partial charge in [0.05, 0.1) is 29.5 Å². The number of phosphoric acid groups is 3. The van der Waals surface area contributed by atoms with Gasteiger partial charge in [-0.3, -0.25) is 28.4 Å². The number of aliphatic hydroxyl groups excluding tert-OH is 2. The van der Waals surface area contributed by atoms with Crippen molar-refractivity contribution >= 4 is 46.1 Å². The first-order valence-electron chi connectivity index (χ1n) is 11.4. The van der Waals surface area contributed by atoms with Crippen LogP contribution >= 0.6 is 23.5 Å². The summed E-state index contributed by atoms with van der Waals surface area (Å²) >= 11 is 0. The number of nitro benzene ring substituents is 1. The van der Waals surface area contributed by atoms with Crippen LogP contribution in [0, 0.1) is 10.1 Å². The SMILES string of the molecule is CC(OP(=O)([O-])OP(=O)([O-])OP(=O)([O-])OC[C@@H]1O[C@H](n2cnc3c(N)ncnc32)C(O)C1O)c1ccccc1[N+](=O)[O-].[H+].[Na+].[Na+]. The fourth-order valence-corrected chi connectivity index (χ4v) is 7.39. The van der Waals surface area contributed by atoms with E-state index in [4.69, 9.17) is 10.5 Å². The average Bonchev–Trinajstić information content (AvgIpc) is 3.42. The molecule has 0 amide bonds. The Morgan fingerprint density at radius 1 is 1.07 bits per heavy atom. The molecule has 6 unspecified atom stereocenters. The summed E-state index contributed by atoms with van der Waals surface area (Å²) in [6.45, 7) is -0.0863. The average molecular weight is 700 g/mol. The predicted octanol–water partition coefficient (Wildman–Crippen LogP) is -6.71. The fraction of sp³-hybridized carbons (Fsp3) is 0.389. The minimum absolute atomic E-state index is 0. The second-order valence-corrected chi connectivity index (χ2v) is 13.0. The van der Waals surface area contributed by atoms with Crippen molar-refractivity contribution in [1.29, 1.82) is 0 Å². The fourth-order valence-electron chi connectivity index (χ4n) is 3.87. The zero-order chi connectivity index (χ0) is 31.0. The first kappa shape index (κ1) is 39.4. The van der Waals surface area contributed by atoms with Crippen LogP contribution in [0.4, 0.5) is 11.5 Å². The molecule has 0 bridgehead atoms. The third kappa shape index (κ3) is 9.42. The number of imidazole rings is 1. The first-order chi connectivity index (χ1) is 19.5. The molecule has 0 saturated carbocycles. The molecule has 3 aromatic rings. The smallest absolute Gasteiger partial charge is 0.756 e. The second kappa shape index (κ2) is 15.4. The number of nitrogen functional groups attached to an aromatic ring is 1. The van der Waals surface area contributed by atoms with Crippen LogP contribution in [0.15, 0.2) is 36.9 Å². The van der Waals surface area contributed by atoms with Gasteiger partial charge in [0.25, 0.3) is 29.2 Å². The first-order valence-corrected chi connectivity index (χ1v) is 15.7. The summed E-state index contributed by atoms with van der Waals surface area (Å²) in [4.78, 5) is 58.3. The molecule has 8 atom stereocenters. The van der Waals surface area contributed by atoms with Gasteiger partial charge in [-0.15, -0.1) is 0 Å². The third-order valence-corrected chi connectivity index (χ3v) is 9.89. The van der Waals surface area contributed by atoms with E-state index >= 15 is 0 Å². The summed E-state index contributed by atoms with van der Waals surface area (Å²) in [5.41, 5.74) is 5.13. The molecule has 3 heterocycles. The summed E-state index contributed by atoms with van der Waals surface area (Å²) in [5, 5.41) is 31.9. The summed E-state index contributed by atoms with van der Waals surface area (Å²) in [5.74, 6) is 0.00392. The summed E-state index contributed by atoms with van der Waals surface area (Å²) in [6.07, 6.45) is -5.80. The molecule has 1 aromatic carbocycles. The number of hydrogen-bond donors (Lipinski definition) is 3. The molecule has 4 rings (SSSR count). The third-order valence-electron chi connectivity index (χ3n) is 5.65. The maximum atomic E-state index is 12.1. The number of rotatable bonds is 12. The number of fused-ring (bicyclic) bond motifs is 1. The standard InChI is InChI=1S/C18H23N6O15P3.2Na/c1-9(10-4-2-3-5-11(10)24(27)28)37-41(31,32)39-42(33,34)38-40(29,30)35-6-12-14(25)15(26)18(36-12)23-8-22-13-16(19)20-7-21-17(13)23;;/h2-5,7-9,12,14-15,18,25-26H,6H2,1H3,(H,29,30)(H,31,32)(H,33,34)(H2,19,20,21);;/q;2*+1/p-2/t9?,12-,14?,15?,18-;;/m0../s1. The van der Waals surface area contributed by atoms with Gasteiger partial charge in [0.1, 0.15) is 30.2 Å². The van der Waals surface area contributed by atoms with Crippen molar-refractivity contribution in [2.45, 2.75) is 37.6 Å². The number of aromatic nitrogens is 4.